The number of likely N-dealkylation sites (tertiary alicyclic amines) is 2. The van der Waals surface area contributed by atoms with Gasteiger partial charge in [-0.3, -0.25) is 9.59 Å². The lowest BCUT2D eigenvalue weighted by molar-refractivity contribution is -0.157. The van der Waals surface area contributed by atoms with Crippen molar-refractivity contribution in [1.82, 2.24) is 19.8 Å². The summed E-state index contributed by atoms with van der Waals surface area (Å²) < 4.78 is 37.4. The molecule has 6 nitrogen and oxygen atoms in total. The van der Waals surface area contributed by atoms with Crippen molar-refractivity contribution in [1.29, 1.82) is 0 Å². The summed E-state index contributed by atoms with van der Waals surface area (Å²) in [5.41, 5.74) is 0. The highest BCUT2D eigenvalue weighted by Gasteiger charge is 2.43. The Bertz CT molecular complexity index is 587. The van der Waals surface area contributed by atoms with Crippen molar-refractivity contribution >= 4 is 11.8 Å². The van der Waals surface area contributed by atoms with Gasteiger partial charge in [0, 0.05) is 31.9 Å². The first kappa shape index (κ1) is 15.8. The van der Waals surface area contributed by atoms with Crippen LogP contribution in [0.25, 0.3) is 0 Å². The zero-order chi connectivity index (χ0) is 16.6. The van der Waals surface area contributed by atoms with Gasteiger partial charge in [0.05, 0.1) is 12.0 Å². The summed E-state index contributed by atoms with van der Waals surface area (Å²) in [6, 6.07) is -0.190. The molecule has 2 aliphatic rings. The number of hydrogen-bond donors (Lipinski definition) is 1. The van der Waals surface area contributed by atoms with Crippen molar-refractivity contribution in [3.8, 4) is 0 Å². The van der Waals surface area contributed by atoms with E-state index in [2.05, 4.69) is 9.97 Å². The number of rotatable bonds is 3. The summed E-state index contributed by atoms with van der Waals surface area (Å²) >= 11 is 0. The van der Waals surface area contributed by atoms with Gasteiger partial charge in [0.15, 0.2) is 0 Å². The molecule has 0 aliphatic carbocycles. The second-order valence-corrected chi connectivity index (χ2v) is 5.95. The SMILES string of the molecule is O=C1C[C@@H](C(=O)N2CCC[C@H]2c2ncc[nH]2)CN1CC(F)(F)F. The van der Waals surface area contributed by atoms with E-state index < -0.39 is 24.5 Å². The number of carbonyl (C=O) groups is 2. The Labute approximate surface area is 130 Å². The predicted octanol–water partition coefficient (Wildman–Crippen LogP) is 1.48. The number of aromatic amines is 1. The molecule has 3 rings (SSSR count). The lowest BCUT2D eigenvalue weighted by Gasteiger charge is -2.26. The molecule has 2 atom stereocenters. The minimum absolute atomic E-state index is 0.156. The third-order valence-electron chi connectivity index (χ3n) is 4.30. The van der Waals surface area contributed by atoms with Crippen LogP contribution in [-0.4, -0.2) is 57.4 Å². The van der Waals surface area contributed by atoms with E-state index in [9.17, 15) is 22.8 Å². The molecular formula is C14H17F3N4O2. The molecule has 126 valence electrons. The summed E-state index contributed by atoms with van der Waals surface area (Å²) in [6.45, 7) is -0.927. The average molecular weight is 330 g/mol. The van der Waals surface area contributed by atoms with Crippen molar-refractivity contribution in [2.75, 3.05) is 19.6 Å². The van der Waals surface area contributed by atoms with Gasteiger partial charge in [-0.2, -0.15) is 13.2 Å². The Kier molecular flexibility index (Phi) is 4.03. The Morgan fingerprint density at radius 2 is 2.22 bits per heavy atom. The molecule has 9 heteroatoms. The minimum atomic E-state index is -4.45. The van der Waals surface area contributed by atoms with E-state index in [1.54, 1.807) is 17.3 Å². The predicted molar refractivity (Wildman–Crippen MR) is 73.0 cm³/mol. The van der Waals surface area contributed by atoms with E-state index in [1.165, 1.54) is 0 Å². The van der Waals surface area contributed by atoms with Crippen molar-refractivity contribution < 1.29 is 22.8 Å². The highest BCUT2D eigenvalue weighted by atomic mass is 19.4. The number of amides is 2. The highest BCUT2D eigenvalue weighted by Crippen LogP contribution is 2.33. The second-order valence-electron chi connectivity index (χ2n) is 5.95. The Morgan fingerprint density at radius 1 is 1.43 bits per heavy atom. The summed E-state index contributed by atoms with van der Waals surface area (Å²) in [5, 5.41) is 0. The number of alkyl halides is 3. The molecule has 0 bridgehead atoms. The smallest absolute Gasteiger partial charge is 0.347 e. The Balaban J connectivity index is 1.68. The number of nitrogens with one attached hydrogen (secondary N) is 1. The van der Waals surface area contributed by atoms with Crippen LogP contribution in [0.15, 0.2) is 12.4 Å². The zero-order valence-corrected chi connectivity index (χ0v) is 12.3. The molecule has 2 saturated heterocycles. The number of H-pyrrole nitrogens is 1. The van der Waals surface area contributed by atoms with Crippen molar-refractivity contribution in [3.05, 3.63) is 18.2 Å². The zero-order valence-electron chi connectivity index (χ0n) is 12.3. The average Bonchev–Trinajstić information content (AvgIpc) is 3.16. The fraction of sp³-hybridized carbons (Fsp3) is 0.643. The van der Waals surface area contributed by atoms with Gasteiger partial charge in [-0.05, 0) is 12.8 Å². The third-order valence-corrected chi connectivity index (χ3v) is 4.30. The van der Waals surface area contributed by atoms with Crippen molar-refractivity contribution in [2.24, 2.45) is 5.92 Å². The molecule has 2 amide bonds. The molecule has 23 heavy (non-hydrogen) atoms. The molecule has 2 aliphatic heterocycles. The Morgan fingerprint density at radius 3 is 2.87 bits per heavy atom. The van der Waals surface area contributed by atoms with Gasteiger partial charge in [-0.15, -0.1) is 0 Å². The first-order valence-corrected chi connectivity index (χ1v) is 7.49. The molecule has 0 spiro atoms. The third kappa shape index (κ3) is 3.32. The number of imidazole rings is 1. The van der Waals surface area contributed by atoms with E-state index in [0.29, 0.717) is 12.4 Å². The first-order chi connectivity index (χ1) is 10.8. The first-order valence-electron chi connectivity index (χ1n) is 7.49. The molecular weight excluding hydrogens is 313 g/mol. The van der Waals surface area contributed by atoms with Gasteiger partial charge >= 0.3 is 6.18 Å². The number of hydrogen-bond acceptors (Lipinski definition) is 3. The summed E-state index contributed by atoms with van der Waals surface area (Å²) in [6.07, 6.45) is 0.228. The van der Waals surface area contributed by atoms with Crippen molar-refractivity contribution in [2.45, 2.75) is 31.5 Å². The van der Waals surface area contributed by atoms with Crippen LogP contribution < -0.4 is 0 Å². The molecule has 0 unspecified atom stereocenters. The van der Waals surface area contributed by atoms with Gasteiger partial charge < -0.3 is 14.8 Å². The second kappa shape index (κ2) is 5.86. The molecule has 1 aromatic heterocycles. The van der Waals surface area contributed by atoms with Crippen LogP contribution in [-0.2, 0) is 9.59 Å². The molecule has 0 radical (unpaired) electrons. The molecule has 0 saturated carbocycles. The summed E-state index contributed by atoms with van der Waals surface area (Å²) in [7, 11) is 0. The van der Waals surface area contributed by atoms with E-state index in [1.807, 2.05) is 0 Å². The van der Waals surface area contributed by atoms with E-state index in [-0.39, 0.29) is 24.9 Å². The largest absolute Gasteiger partial charge is 0.406 e. The summed E-state index contributed by atoms with van der Waals surface area (Å²) in [5.74, 6) is -0.913. The van der Waals surface area contributed by atoms with Gasteiger partial charge in [-0.25, -0.2) is 4.98 Å². The van der Waals surface area contributed by atoms with Gasteiger partial charge in [0.2, 0.25) is 11.8 Å². The summed E-state index contributed by atoms with van der Waals surface area (Å²) in [4.78, 5) is 33.9. The van der Waals surface area contributed by atoms with Crippen LogP contribution in [0.2, 0.25) is 0 Å². The number of nitrogens with zero attached hydrogens (tertiary/aromatic N) is 3. The topological polar surface area (TPSA) is 69.3 Å². The quantitative estimate of drug-likeness (QED) is 0.913. The van der Waals surface area contributed by atoms with Crippen LogP contribution in [0, 0.1) is 5.92 Å². The van der Waals surface area contributed by atoms with Crippen LogP contribution in [0.3, 0.4) is 0 Å². The maximum atomic E-state index is 12.6. The molecule has 2 fully saturated rings. The van der Waals surface area contributed by atoms with Crippen LogP contribution >= 0.6 is 0 Å². The Hall–Kier alpha value is -2.06. The number of aromatic nitrogens is 2. The minimum Gasteiger partial charge on any atom is -0.347 e. The number of halogens is 3. The number of carbonyl (C=O) groups excluding carboxylic acids is 2. The van der Waals surface area contributed by atoms with Gasteiger partial charge in [-0.1, -0.05) is 0 Å². The fourth-order valence-corrected chi connectivity index (χ4v) is 3.32. The maximum Gasteiger partial charge on any atom is 0.406 e. The monoisotopic (exact) mass is 330 g/mol. The van der Waals surface area contributed by atoms with E-state index >= 15 is 0 Å². The molecule has 1 aromatic rings. The molecule has 1 N–H and O–H groups in total. The maximum absolute atomic E-state index is 12.6. The highest BCUT2D eigenvalue weighted by molar-refractivity contribution is 5.89. The normalized spacial score (nSPS) is 25.4. The molecule has 0 aromatic carbocycles. The van der Waals surface area contributed by atoms with Crippen LogP contribution in [0.5, 0.6) is 0 Å². The van der Waals surface area contributed by atoms with Gasteiger partial charge in [0.25, 0.3) is 0 Å². The van der Waals surface area contributed by atoms with Crippen LogP contribution in [0.1, 0.15) is 31.1 Å². The van der Waals surface area contributed by atoms with Crippen LogP contribution in [0.4, 0.5) is 13.2 Å². The molecule has 3 heterocycles. The fourth-order valence-electron chi connectivity index (χ4n) is 3.32. The van der Waals surface area contributed by atoms with E-state index in [4.69, 9.17) is 0 Å². The van der Waals surface area contributed by atoms with Crippen molar-refractivity contribution in [3.63, 3.8) is 0 Å². The van der Waals surface area contributed by atoms with Gasteiger partial charge in [0.1, 0.15) is 12.4 Å². The lowest BCUT2D eigenvalue weighted by Crippen LogP contribution is -2.39. The van der Waals surface area contributed by atoms with E-state index in [0.717, 1.165) is 17.7 Å². The lowest BCUT2D eigenvalue weighted by atomic mass is 10.1. The standard InChI is InChI=1S/C14H17F3N4O2/c15-14(16,17)8-20-7-9(6-11(20)22)13(23)21-5-1-2-10(21)12-18-3-4-19-12/h3-4,9-10H,1-2,5-8H2,(H,18,19)/t9-,10+/m1/s1.